The number of aryl methyl sites for hydroxylation is 1. The normalized spacial score (nSPS) is 15.8. The number of benzene rings is 1. The van der Waals surface area contributed by atoms with Gasteiger partial charge < -0.3 is 10.0 Å². The van der Waals surface area contributed by atoms with Crippen molar-refractivity contribution in [2.24, 2.45) is 7.05 Å². The monoisotopic (exact) mass is 378 g/mol. The van der Waals surface area contributed by atoms with Gasteiger partial charge in [-0.05, 0) is 12.1 Å². The molecule has 0 radical (unpaired) electrons. The number of carboxylic acid groups (broad SMARTS) is 1. The molecule has 1 amide bonds. The van der Waals surface area contributed by atoms with Crippen molar-refractivity contribution in [3.05, 3.63) is 47.8 Å². The Hall–Kier alpha value is -2.72. The maximum Gasteiger partial charge on any atom is 0.357 e. The molecule has 1 N–H and O–H groups in total. The van der Waals surface area contributed by atoms with Crippen molar-refractivity contribution in [1.29, 1.82) is 0 Å². The molecule has 0 bridgehead atoms. The standard InChI is InChI=1S/C16H18N4O5S/c1-18-11-13(14(17-18)16(22)23)15(21)19-7-9-20(10-8-19)26(24,25)12-5-3-2-4-6-12/h2-6,11H,7-10H2,1H3,(H,22,23). The van der Waals surface area contributed by atoms with Gasteiger partial charge in [0.15, 0.2) is 5.69 Å². The van der Waals surface area contributed by atoms with Gasteiger partial charge in [0.2, 0.25) is 10.0 Å². The van der Waals surface area contributed by atoms with Gasteiger partial charge in [0, 0.05) is 39.4 Å². The lowest BCUT2D eigenvalue weighted by atomic mass is 10.2. The van der Waals surface area contributed by atoms with E-state index in [-0.39, 0.29) is 42.3 Å². The minimum atomic E-state index is -3.61. The van der Waals surface area contributed by atoms with Gasteiger partial charge in [0.05, 0.1) is 10.5 Å². The molecule has 0 saturated carbocycles. The molecular formula is C16H18N4O5S. The fraction of sp³-hybridized carbons (Fsp3) is 0.312. The molecule has 2 aromatic rings. The summed E-state index contributed by atoms with van der Waals surface area (Å²) in [6, 6.07) is 8.11. The number of rotatable bonds is 4. The van der Waals surface area contributed by atoms with Gasteiger partial charge in [-0.3, -0.25) is 9.48 Å². The van der Waals surface area contributed by atoms with E-state index < -0.39 is 21.9 Å². The van der Waals surface area contributed by atoms with Crippen molar-refractivity contribution in [2.45, 2.75) is 4.90 Å². The molecule has 0 aliphatic carbocycles. The highest BCUT2D eigenvalue weighted by Crippen LogP contribution is 2.19. The third kappa shape index (κ3) is 3.33. The Morgan fingerprint density at radius 3 is 2.27 bits per heavy atom. The van der Waals surface area contributed by atoms with Crippen LogP contribution in [0.3, 0.4) is 0 Å². The summed E-state index contributed by atoms with van der Waals surface area (Å²) in [6.45, 7) is 0.648. The van der Waals surface area contributed by atoms with E-state index in [9.17, 15) is 18.0 Å². The zero-order valence-corrected chi connectivity index (χ0v) is 14.9. The van der Waals surface area contributed by atoms with Gasteiger partial charge in [0.25, 0.3) is 5.91 Å². The molecule has 1 aromatic carbocycles. The van der Waals surface area contributed by atoms with Crippen LogP contribution in [0.2, 0.25) is 0 Å². The van der Waals surface area contributed by atoms with Crippen LogP contribution in [0.4, 0.5) is 0 Å². The first-order valence-corrected chi connectivity index (χ1v) is 9.36. The first-order valence-electron chi connectivity index (χ1n) is 7.92. The van der Waals surface area contributed by atoms with E-state index in [0.29, 0.717) is 0 Å². The predicted octanol–water partition coefficient (Wildman–Crippen LogP) is 0.265. The van der Waals surface area contributed by atoms with Crippen molar-refractivity contribution < 1.29 is 23.1 Å². The van der Waals surface area contributed by atoms with E-state index in [1.54, 1.807) is 18.2 Å². The van der Waals surface area contributed by atoms with Crippen LogP contribution in [0.25, 0.3) is 0 Å². The summed E-state index contributed by atoms with van der Waals surface area (Å²) < 4.78 is 27.8. The number of hydrogen-bond acceptors (Lipinski definition) is 5. The van der Waals surface area contributed by atoms with Crippen LogP contribution in [-0.2, 0) is 17.1 Å². The van der Waals surface area contributed by atoms with Crippen LogP contribution in [0.5, 0.6) is 0 Å². The quantitative estimate of drug-likeness (QED) is 0.817. The number of nitrogens with zero attached hydrogens (tertiary/aromatic N) is 4. The molecule has 1 aliphatic rings. The van der Waals surface area contributed by atoms with Crippen molar-refractivity contribution >= 4 is 21.9 Å². The first kappa shape index (κ1) is 18.1. The average molecular weight is 378 g/mol. The molecule has 0 spiro atoms. The van der Waals surface area contributed by atoms with Crippen LogP contribution in [0.15, 0.2) is 41.4 Å². The number of piperazine rings is 1. The summed E-state index contributed by atoms with van der Waals surface area (Å²) in [5.74, 6) is -1.74. The topological polar surface area (TPSA) is 113 Å². The van der Waals surface area contributed by atoms with E-state index in [4.69, 9.17) is 5.11 Å². The largest absolute Gasteiger partial charge is 0.476 e. The minimum Gasteiger partial charge on any atom is -0.476 e. The summed E-state index contributed by atoms with van der Waals surface area (Å²) in [4.78, 5) is 25.5. The molecule has 10 heteroatoms. The molecule has 1 saturated heterocycles. The number of carbonyl (C=O) groups excluding carboxylic acids is 1. The summed E-state index contributed by atoms with van der Waals surface area (Å²) in [5, 5.41) is 13.0. The molecule has 1 aliphatic heterocycles. The molecule has 9 nitrogen and oxygen atoms in total. The SMILES string of the molecule is Cn1cc(C(=O)N2CCN(S(=O)(=O)c3ccccc3)CC2)c(C(=O)O)n1. The summed E-state index contributed by atoms with van der Waals surface area (Å²) in [5.41, 5.74) is -0.309. The number of sulfonamides is 1. The van der Waals surface area contributed by atoms with E-state index in [2.05, 4.69) is 5.10 Å². The first-order chi connectivity index (χ1) is 12.3. The maximum absolute atomic E-state index is 12.6. The smallest absolute Gasteiger partial charge is 0.357 e. The van der Waals surface area contributed by atoms with Crippen LogP contribution in [-0.4, -0.2) is 70.6 Å². The molecule has 1 aromatic heterocycles. The number of aromatic carboxylic acids is 1. The second-order valence-electron chi connectivity index (χ2n) is 5.88. The van der Waals surface area contributed by atoms with Gasteiger partial charge >= 0.3 is 5.97 Å². The number of hydrogen-bond donors (Lipinski definition) is 1. The molecule has 0 unspecified atom stereocenters. The van der Waals surface area contributed by atoms with E-state index >= 15 is 0 Å². The molecule has 1 fully saturated rings. The minimum absolute atomic E-state index is 0.000587. The Morgan fingerprint density at radius 1 is 1.08 bits per heavy atom. The van der Waals surface area contributed by atoms with E-state index in [1.807, 2.05) is 0 Å². The number of amides is 1. The maximum atomic E-state index is 12.6. The lowest BCUT2D eigenvalue weighted by molar-refractivity contribution is 0.0652. The highest BCUT2D eigenvalue weighted by atomic mass is 32.2. The van der Waals surface area contributed by atoms with Crippen LogP contribution in [0, 0.1) is 0 Å². The summed E-state index contributed by atoms with van der Waals surface area (Å²) in [6.07, 6.45) is 1.36. The van der Waals surface area contributed by atoms with E-state index in [0.717, 1.165) is 0 Å². The Bertz CT molecular complexity index is 931. The highest BCUT2D eigenvalue weighted by Gasteiger charge is 2.32. The lowest BCUT2D eigenvalue weighted by Gasteiger charge is -2.33. The zero-order valence-electron chi connectivity index (χ0n) is 14.1. The molecule has 26 heavy (non-hydrogen) atoms. The Morgan fingerprint density at radius 2 is 1.69 bits per heavy atom. The third-order valence-corrected chi connectivity index (χ3v) is 6.08. The second-order valence-corrected chi connectivity index (χ2v) is 7.82. The predicted molar refractivity (Wildman–Crippen MR) is 91.3 cm³/mol. The van der Waals surface area contributed by atoms with Crippen molar-refractivity contribution in [3.63, 3.8) is 0 Å². The summed E-state index contributed by atoms with van der Waals surface area (Å²) in [7, 11) is -2.07. The molecule has 3 rings (SSSR count). The van der Waals surface area contributed by atoms with Gasteiger partial charge in [-0.15, -0.1) is 0 Å². The fourth-order valence-electron chi connectivity index (χ4n) is 2.85. The highest BCUT2D eigenvalue weighted by molar-refractivity contribution is 7.89. The fourth-order valence-corrected chi connectivity index (χ4v) is 4.29. The number of carboxylic acids is 1. The van der Waals surface area contributed by atoms with Gasteiger partial charge in [-0.2, -0.15) is 9.40 Å². The van der Waals surface area contributed by atoms with Gasteiger partial charge in [-0.1, -0.05) is 18.2 Å². The van der Waals surface area contributed by atoms with E-state index in [1.165, 1.54) is 39.3 Å². The second kappa shape index (κ2) is 6.89. The van der Waals surface area contributed by atoms with Crippen LogP contribution in [0.1, 0.15) is 20.8 Å². The molecular weight excluding hydrogens is 360 g/mol. The molecule has 0 atom stereocenters. The van der Waals surface area contributed by atoms with Crippen molar-refractivity contribution in [1.82, 2.24) is 19.0 Å². The zero-order chi connectivity index (χ0) is 18.9. The number of carbonyl (C=O) groups is 2. The average Bonchev–Trinajstić information content (AvgIpc) is 3.04. The van der Waals surface area contributed by atoms with Crippen LogP contribution < -0.4 is 0 Å². The molecule has 138 valence electrons. The van der Waals surface area contributed by atoms with Gasteiger partial charge in [-0.25, -0.2) is 13.2 Å². The third-order valence-electron chi connectivity index (χ3n) is 4.17. The van der Waals surface area contributed by atoms with Crippen molar-refractivity contribution in [2.75, 3.05) is 26.2 Å². The number of aromatic nitrogens is 2. The van der Waals surface area contributed by atoms with Crippen LogP contribution >= 0.6 is 0 Å². The Balaban J connectivity index is 1.73. The van der Waals surface area contributed by atoms with Crippen molar-refractivity contribution in [3.8, 4) is 0 Å². The van der Waals surface area contributed by atoms with Gasteiger partial charge in [0.1, 0.15) is 0 Å². The lowest BCUT2D eigenvalue weighted by Crippen LogP contribution is -2.50. The summed E-state index contributed by atoms with van der Waals surface area (Å²) >= 11 is 0. The Kier molecular flexibility index (Phi) is 4.79. The Labute approximate surface area is 150 Å². The molecule has 2 heterocycles.